The Morgan fingerprint density at radius 2 is 1.72 bits per heavy atom. The van der Waals surface area contributed by atoms with Crippen LogP contribution < -0.4 is 15.5 Å². The quantitative estimate of drug-likeness (QED) is 0.355. The number of benzene rings is 3. The minimum atomic E-state index is -0.746. The second kappa shape index (κ2) is 11.2. The largest absolute Gasteiger partial charge is 0.489 e. The predicted octanol–water partition coefficient (Wildman–Crippen LogP) is 4.61. The summed E-state index contributed by atoms with van der Waals surface area (Å²) in [7, 11) is 0. The van der Waals surface area contributed by atoms with Crippen molar-refractivity contribution in [2.75, 3.05) is 0 Å². The average Bonchev–Trinajstić information content (AvgIpc) is 2.79. The normalized spacial score (nSPS) is 11.7. The van der Waals surface area contributed by atoms with Gasteiger partial charge in [-0.05, 0) is 77.3 Å². The van der Waals surface area contributed by atoms with Gasteiger partial charge in [0.2, 0.25) is 0 Å². The van der Waals surface area contributed by atoms with E-state index in [0.29, 0.717) is 16.6 Å². The van der Waals surface area contributed by atoms with Gasteiger partial charge in [0.25, 0.3) is 11.8 Å². The van der Waals surface area contributed by atoms with Crippen molar-refractivity contribution in [3.8, 4) is 5.75 Å². The molecule has 164 valence electrons. The molecule has 2 amide bonds. The minimum absolute atomic E-state index is 0.342. The fourth-order valence-corrected chi connectivity index (χ4v) is 3.22. The molecule has 2 N–H and O–H groups in total. The molecule has 0 fully saturated rings. The number of hydrogen-bond donors (Lipinski definition) is 2. The van der Waals surface area contributed by atoms with E-state index in [1.165, 1.54) is 11.8 Å². The second-order valence-electron chi connectivity index (χ2n) is 7.25. The first-order valence-corrected chi connectivity index (χ1v) is 10.9. The van der Waals surface area contributed by atoms with Crippen molar-refractivity contribution >= 4 is 34.0 Å². The zero-order chi connectivity index (χ0) is 22.9. The molecule has 3 rings (SSSR count). The zero-order valence-corrected chi connectivity index (χ0v) is 19.4. The SMILES string of the molecule is Cc1ccc(COc2ccc(C=NNC(=O)C(C)NC(=O)c3ccccc3Br)cc2)cc1. The van der Waals surface area contributed by atoms with Crippen LogP contribution in [0.25, 0.3) is 0 Å². The van der Waals surface area contributed by atoms with Crippen LogP contribution in [-0.4, -0.2) is 24.1 Å². The third-order valence-corrected chi connectivity index (χ3v) is 5.35. The molecule has 0 aliphatic carbocycles. The summed E-state index contributed by atoms with van der Waals surface area (Å²) in [6.07, 6.45) is 1.53. The molecule has 0 bridgehead atoms. The van der Waals surface area contributed by atoms with Crippen molar-refractivity contribution in [2.45, 2.75) is 26.5 Å². The first-order chi connectivity index (χ1) is 15.4. The fraction of sp³-hybridized carbons (Fsp3) is 0.160. The van der Waals surface area contributed by atoms with E-state index in [1.807, 2.05) is 49.4 Å². The summed E-state index contributed by atoms with van der Waals surface area (Å²) in [5.74, 6) is -0.0137. The standard InChI is InChI=1S/C25H24BrN3O3/c1-17-7-9-20(10-8-17)16-32-21-13-11-19(12-14-21)15-27-29-24(30)18(2)28-25(31)22-5-3-4-6-23(22)26/h3-15,18H,16H2,1-2H3,(H,28,31)(H,29,30). The number of aryl methyl sites for hydroxylation is 1. The molecule has 32 heavy (non-hydrogen) atoms. The second-order valence-corrected chi connectivity index (χ2v) is 8.11. The lowest BCUT2D eigenvalue weighted by atomic mass is 10.2. The summed E-state index contributed by atoms with van der Waals surface area (Å²) in [4.78, 5) is 24.5. The molecule has 0 saturated carbocycles. The molecule has 0 heterocycles. The van der Waals surface area contributed by atoms with Crippen LogP contribution in [0.2, 0.25) is 0 Å². The van der Waals surface area contributed by atoms with Crippen molar-refractivity contribution in [1.29, 1.82) is 0 Å². The van der Waals surface area contributed by atoms with Crippen LogP contribution in [0, 0.1) is 6.92 Å². The Balaban J connectivity index is 1.46. The number of nitrogens with zero attached hydrogens (tertiary/aromatic N) is 1. The van der Waals surface area contributed by atoms with Crippen molar-refractivity contribution in [3.05, 3.63) is 99.5 Å². The summed E-state index contributed by atoms with van der Waals surface area (Å²) in [6.45, 7) is 4.14. The Labute approximate surface area is 195 Å². The van der Waals surface area contributed by atoms with Gasteiger partial charge in [-0.1, -0.05) is 42.0 Å². The summed E-state index contributed by atoms with van der Waals surface area (Å²) in [5, 5.41) is 6.62. The highest BCUT2D eigenvalue weighted by atomic mass is 79.9. The summed E-state index contributed by atoms with van der Waals surface area (Å²) < 4.78 is 6.45. The Bertz CT molecular complexity index is 1100. The van der Waals surface area contributed by atoms with E-state index >= 15 is 0 Å². The van der Waals surface area contributed by atoms with Crippen LogP contribution in [0.4, 0.5) is 0 Å². The van der Waals surface area contributed by atoms with Gasteiger partial charge in [0.05, 0.1) is 11.8 Å². The number of carbonyl (C=O) groups excluding carboxylic acids is 2. The molecule has 1 atom stereocenters. The number of hydrogen-bond acceptors (Lipinski definition) is 4. The van der Waals surface area contributed by atoms with Crippen molar-refractivity contribution in [2.24, 2.45) is 5.10 Å². The molecular weight excluding hydrogens is 470 g/mol. The summed E-state index contributed by atoms with van der Waals surface area (Å²) in [5.41, 5.74) is 6.02. The van der Waals surface area contributed by atoms with Gasteiger partial charge >= 0.3 is 0 Å². The molecule has 6 nitrogen and oxygen atoms in total. The number of amides is 2. The molecular formula is C25H24BrN3O3. The van der Waals surface area contributed by atoms with Crippen molar-refractivity contribution in [3.63, 3.8) is 0 Å². The maximum absolute atomic E-state index is 12.3. The van der Waals surface area contributed by atoms with Crippen LogP contribution in [0.3, 0.4) is 0 Å². The first-order valence-electron chi connectivity index (χ1n) is 10.1. The number of hydrazone groups is 1. The number of rotatable bonds is 8. The lowest BCUT2D eigenvalue weighted by molar-refractivity contribution is -0.122. The van der Waals surface area contributed by atoms with Crippen molar-refractivity contribution in [1.82, 2.24) is 10.7 Å². The molecule has 3 aromatic carbocycles. The number of nitrogens with one attached hydrogen (secondary N) is 2. The van der Waals surface area contributed by atoms with Gasteiger partial charge in [-0.3, -0.25) is 9.59 Å². The molecule has 0 radical (unpaired) electrons. The van der Waals surface area contributed by atoms with Gasteiger partial charge in [0.1, 0.15) is 18.4 Å². The number of carbonyl (C=O) groups is 2. The fourth-order valence-electron chi connectivity index (χ4n) is 2.75. The molecule has 7 heteroatoms. The van der Waals surface area contributed by atoms with Gasteiger partial charge in [-0.15, -0.1) is 0 Å². The molecule has 0 saturated heterocycles. The van der Waals surface area contributed by atoms with Gasteiger partial charge < -0.3 is 10.1 Å². The Morgan fingerprint density at radius 1 is 1.03 bits per heavy atom. The Morgan fingerprint density at radius 3 is 2.41 bits per heavy atom. The third-order valence-electron chi connectivity index (χ3n) is 4.65. The number of ether oxygens (including phenoxy) is 1. The maximum Gasteiger partial charge on any atom is 0.262 e. The first kappa shape index (κ1) is 23.2. The lowest BCUT2D eigenvalue weighted by Crippen LogP contribution is -2.43. The van der Waals surface area contributed by atoms with Gasteiger partial charge in [0.15, 0.2) is 0 Å². The van der Waals surface area contributed by atoms with Crippen LogP contribution in [0.5, 0.6) is 5.75 Å². The number of halogens is 1. The van der Waals surface area contributed by atoms with Crippen LogP contribution in [0.1, 0.15) is 34.0 Å². The maximum atomic E-state index is 12.3. The highest BCUT2D eigenvalue weighted by molar-refractivity contribution is 9.10. The topological polar surface area (TPSA) is 79.8 Å². The highest BCUT2D eigenvalue weighted by Crippen LogP contribution is 2.16. The molecule has 0 aliphatic heterocycles. The van der Waals surface area contributed by atoms with Crippen LogP contribution >= 0.6 is 15.9 Å². The Hall–Kier alpha value is -3.45. The smallest absolute Gasteiger partial charge is 0.262 e. The van der Waals surface area contributed by atoms with E-state index in [9.17, 15) is 9.59 Å². The minimum Gasteiger partial charge on any atom is -0.489 e. The van der Waals surface area contributed by atoms with E-state index in [4.69, 9.17) is 4.74 Å². The van der Waals surface area contributed by atoms with Crippen LogP contribution in [0.15, 0.2) is 82.4 Å². The lowest BCUT2D eigenvalue weighted by Gasteiger charge is -2.12. The molecule has 0 spiro atoms. The predicted molar refractivity (Wildman–Crippen MR) is 129 cm³/mol. The van der Waals surface area contributed by atoms with E-state index < -0.39 is 11.9 Å². The average molecular weight is 494 g/mol. The van der Waals surface area contributed by atoms with Gasteiger partial charge in [0, 0.05) is 4.47 Å². The van der Waals surface area contributed by atoms with E-state index in [0.717, 1.165) is 16.9 Å². The zero-order valence-electron chi connectivity index (χ0n) is 17.8. The Kier molecular flexibility index (Phi) is 8.16. The van der Waals surface area contributed by atoms with E-state index in [1.54, 1.807) is 25.1 Å². The van der Waals surface area contributed by atoms with Crippen LogP contribution in [-0.2, 0) is 11.4 Å². The van der Waals surface area contributed by atoms with Crippen molar-refractivity contribution < 1.29 is 14.3 Å². The summed E-state index contributed by atoms with van der Waals surface area (Å²) in [6, 6.07) is 21.8. The molecule has 0 aromatic heterocycles. The van der Waals surface area contributed by atoms with E-state index in [2.05, 4.69) is 43.9 Å². The van der Waals surface area contributed by atoms with E-state index in [-0.39, 0.29) is 5.91 Å². The van der Waals surface area contributed by atoms with Gasteiger partial charge in [-0.2, -0.15) is 5.10 Å². The molecule has 0 aliphatic rings. The summed E-state index contributed by atoms with van der Waals surface area (Å²) >= 11 is 3.33. The monoisotopic (exact) mass is 493 g/mol. The third kappa shape index (κ3) is 6.78. The highest BCUT2D eigenvalue weighted by Gasteiger charge is 2.17. The molecule has 3 aromatic rings. The molecule has 1 unspecified atom stereocenters. The van der Waals surface area contributed by atoms with Gasteiger partial charge in [-0.25, -0.2) is 5.43 Å².